The molecule has 1 aromatic carbocycles. The van der Waals surface area contributed by atoms with Crippen molar-refractivity contribution in [3.8, 4) is 0 Å². The second-order valence-corrected chi connectivity index (χ2v) is 10.2. The highest BCUT2D eigenvalue weighted by molar-refractivity contribution is 5.98. The maximum Gasteiger partial charge on any atom is 0.250 e. The predicted octanol–water partition coefficient (Wildman–Crippen LogP) is 4.55. The molecule has 6 rings (SSSR count). The minimum absolute atomic E-state index is 0.214. The van der Waals surface area contributed by atoms with Gasteiger partial charge >= 0.3 is 0 Å². The maximum atomic E-state index is 13.6. The van der Waals surface area contributed by atoms with E-state index in [1.54, 1.807) is 0 Å². The molecule has 4 aliphatic heterocycles. The van der Waals surface area contributed by atoms with Crippen LogP contribution in [-0.2, 0) is 11.3 Å². The third kappa shape index (κ3) is 3.51. The topological polar surface area (TPSA) is 28.5 Å². The summed E-state index contributed by atoms with van der Waals surface area (Å²) in [6, 6.07) is 11.9. The fourth-order valence-electron chi connectivity index (χ4n) is 6.99. The smallest absolute Gasteiger partial charge is 0.250 e. The molecular formula is C27H32FN3O. The molecule has 1 amide bonds. The molecule has 4 fully saturated rings. The largest absolute Gasteiger partial charge is 0.344 e. The Kier molecular flexibility index (Phi) is 5.17. The van der Waals surface area contributed by atoms with E-state index in [0.29, 0.717) is 30.5 Å². The van der Waals surface area contributed by atoms with Crippen LogP contribution in [0.4, 0.5) is 4.39 Å². The van der Waals surface area contributed by atoms with E-state index in [4.69, 9.17) is 0 Å². The quantitative estimate of drug-likeness (QED) is 0.664. The van der Waals surface area contributed by atoms with Gasteiger partial charge in [-0.05, 0) is 99.4 Å². The molecule has 4 atom stereocenters. The molecule has 4 nitrogen and oxygen atoms in total. The second kappa shape index (κ2) is 8.18. The van der Waals surface area contributed by atoms with Crippen LogP contribution in [0.5, 0.6) is 0 Å². The minimum atomic E-state index is -0.214. The molecule has 1 aromatic heterocycles. The molecule has 0 aliphatic carbocycles. The molecule has 0 spiro atoms. The van der Waals surface area contributed by atoms with E-state index in [-0.39, 0.29) is 11.7 Å². The fraction of sp³-hybridized carbons (Fsp3) is 0.519. The summed E-state index contributed by atoms with van der Waals surface area (Å²) in [7, 11) is 0. The van der Waals surface area contributed by atoms with Crippen LogP contribution < -0.4 is 0 Å². The lowest BCUT2D eigenvalue weighted by molar-refractivity contribution is -0.145. The summed E-state index contributed by atoms with van der Waals surface area (Å²) in [4.78, 5) is 18.6. The van der Waals surface area contributed by atoms with E-state index < -0.39 is 0 Å². The van der Waals surface area contributed by atoms with Gasteiger partial charge in [0, 0.05) is 42.6 Å². The fourth-order valence-corrected chi connectivity index (χ4v) is 6.99. The van der Waals surface area contributed by atoms with Gasteiger partial charge in [-0.3, -0.25) is 9.69 Å². The first-order chi connectivity index (χ1) is 15.7. The van der Waals surface area contributed by atoms with Gasteiger partial charge in [-0.2, -0.15) is 0 Å². The second-order valence-electron chi connectivity index (χ2n) is 10.2. The molecule has 4 saturated heterocycles. The van der Waals surface area contributed by atoms with Gasteiger partial charge in [0.15, 0.2) is 0 Å². The zero-order valence-corrected chi connectivity index (χ0v) is 18.6. The highest BCUT2D eigenvalue weighted by Gasteiger charge is 2.51. The Balaban J connectivity index is 1.23. The number of hydrogen-bond acceptors (Lipinski definition) is 2. The molecule has 4 aliphatic rings. The van der Waals surface area contributed by atoms with E-state index in [0.717, 1.165) is 36.2 Å². The SMILES string of the molecule is O=C1/C(=C/c2cccn2Cc2ccc(F)cc2)CC[C@@H]2[C@H]3CCCN4CCC[C@@H](CN12)[C@@H]34. The first kappa shape index (κ1) is 20.2. The number of fused-ring (bicyclic) bond motifs is 2. The molecule has 0 radical (unpaired) electrons. The van der Waals surface area contributed by atoms with Gasteiger partial charge in [-0.1, -0.05) is 12.1 Å². The van der Waals surface area contributed by atoms with Gasteiger partial charge in [-0.15, -0.1) is 0 Å². The third-order valence-corrected chi connectivity index (χ3v) is 8.37. The van der Waals surface area contributed by atoms with Crippen molar-refractivity contribution in [1.29, 1.82) is 0 Å². The van der Waals surface area contributed by atoms with Crippen molar-refractivity contribution in [2.75, 3.05) is 19.6 Å². The van der Waals surface area contributed by atoms with Crippen LogP contribution in [0.2, 0.25) is 0 Å². The Hall–Kier alpha value is -2.40. The van der Waals surface area contributed by atoms with Crippen LogP contribution in [0.1, 0.15) is 49.8 Å². The highest BCUT2D eigenvalue weighted by atomic mass is 19.1. The molecule has 2 aromatic rings. The summed E-state index contributed by atoms with van der Waals surface area (Å²) < 4.78 is 15.4. The standard InChI is InChI=1S/C27H32FN3O/c28-22-10-7-19(8-11-22)17-30-15-2-5-23(30)16-20-9-12-25-24-6-3-14-29-13-1-4-21(26(24)29)18-31(25)27(20)32/h2,5,7-8,10-11,15-16,21,24-26H,1,3-4,6,9,12-14,17-18H2/b20-16+/t21-,24+,25+,26-/m0/s1. The number of nitrogens with zero attached hydrogens (tertiary/aromatic N) is 3. The average molecular weight is 434 g/mol. The maximum absolute atomic E-state index is 13.6. The van der Waals surface area contributed by atoms with Crippen molar-refractivity contribution in [1.82, 2.24) is 14.4 Å². The number of piperidine rings is 4. The van der Waals surface area contributed by atoms with Crippen molar-refractivity contribution in [3.63, 3.8) is 0 Å². The van der Waals surface area contributed by atoms with Gasteiger partial charge in [0.05, 0.1) is 0 Å². The molecule has 0 saturated carbocycles. The first-order valence-electron chi connectivity index (χ1n) is 12.3. The summed E-state index contributed by atoms with van der Waals surface area (Å²) in [6.07, 6.45) is 11.2. The van der Waals surface area contributed by atoms with Gasteiger partial charge in [0.1, 0.15) is 5.82 Å². The average Bonchev–Trinajstić information content (AvgIpc) is 3.24. The lowest BCUT2D eigenvalue weighted by Crippen LogP contribution is -2.66. The Bertz CT molecular complexity index is 1020. The van der Waals surface area contributed by atoms with Crippen LogP contribution >= 0.6 is 0 Å². The monoisotopic (exact) mass is 433 g/mol. The lowest BCUT2D eigenvalue weighted by atomic mass is 9.67. The predicted molar refractivity (Wildman–Crippen MR) is 123 cm³/mol. The molecule has 0 bridgehead atoms. The van der Waals surface area contributed by atoms with Crippen molar-refractivity contribution in [2.24, 2.45) is 11.8 Å². The molecule has 32 heavy (non-hydrogen) atoms. The Morgan fingerprint density at radius 3 is 2.69 bits per heavy atom. The van der Waals surface area contributed by atoms with Gasteiger partial charge in [-0.25, -0.2) is 4.39 Å². The van der Waals surface area contributed by atoms with Crippen LogP contribution in [0.3, 0.4) is 0 Å². The zero-order valence-electron chi connectivity index (χ0n) is 18.6. The molecule has 5 heterocycles. The molecule has 5 heteroatoms. The number of carbonyl (C=O) groups is 1. The number of aromatic nitrogens is 1. The van der Waals surface area contributed by atoms with Crippen LogP contribution in [0, 0.1) is 17.7 Å². The zero-order chi connectivity index (χ0) is 21.7. The molecule has 0 N–H and O–H groups in total. The summed E-state index contributed by atoms with van der Waals surface area (Å²) >= 11 is 0. The summed E-state index contributed by atoms with van der Waals surface area (Å²) in [6.45, 7) is 4.13. The van der Waals surface area contributed by atoms with Crippen LogP contribution in [0.15, 0.2) is 48.2 Å². The summed E-state index contributed by atoms with van der Waals surface area (Å²) in [5.41, 5.74) is 3.05. The first-order valence-corrected chi connectivity index (χ1v) is 12.3. The van der Waals surface area contributed by atoms with Crippen LogP contribution in [0.25, 0.3) is 6.08 Å². The van der Waals surface area contributed by atoms with Crippen LogP contribution in [-0.4, -0.2) is 52.0 Å². The van der Waals surface area contributed by atoms with Gasteiger partial charge in [0.25, 0.3) is 0 Å². The van der Waals surface area contributed by atoms with Crippen molar-refractivity contribution >= 4 is 12.0 Å². The Morgan fingerprint density at radius 1 is 1.03 bits per heavy atom. The number of hydrogen-bond donors (Lipinski definition) is 0. The summed E-state index contributed by atoms with van der Waals surface area (Å²) in [5, 5.41) is 0. The van der Waals surface area contributed by atoms with Gasteiger partial charge in [0.2, 0.25) is 5.91 Å². The van der Waals surface area contributed by atoms with Gasteiger partial charge < -0.3 is 9.47 Å². The number of rotatable bonds is 3. The number of halogens is 1. The Morgan fingerprint density at radius 2 is 1.84 bits per heavy atom. The number of benzene rings is 1. The molecular weight excluding hydrogens is 401 g/mol. The molecule has 168 valence electrons. The highest BCUT2D eigenvalue weighted by Crippen LogP contribution is 2.45. The number of amides is 1. The Labute approximate surface area is 189 Å². The van der Waals surface area contributed by atoms with Crippen molar-refractivity contribution < 1.29 is 9.18 Å². The summed E-state index contributed by atoms with van der Waals surface area (Å²) in [5.74, 6) is 1.36. The van der Waals surface area contributed by atoms with E-state index in [2.05, 4.69) is 26.5 Å². The van der Waals surface area contributed by atoms with Crippen molar-refractivity contribution in [3.05, 3.63) is 65.2 Å². The minimum Gasteiger partial charge on any atom is -0.344 e. The number of carbonyl (C=O) groups excluding carboxylic acids is 1. The lowest BCUT2D eigenvalue weighted by Gasteiger charge is -2.58. The normalized spacial score (nSPS) is 31.5. The van der Waals surface area contributed by atoms with Crippen molar-refractivity contribution in [2.45, 2.75) is 57.2 Å². The van der Waals surface area contributed by atoms with E-state index >= 15 is 0 Å². The molecule has 0 unspecified atom stereocenters. The van der Waals surface area contributed by atoms with E-state index in [1.165, 1.54) is 50.9 Å². The van der Waals surface area contributed by atoms with E-state index in [1.807, 2.05) is 24.4 Å². The van der Waals surface area contributed by atoms with E-state index in [9.17, 15) is 9.18 Å². The third-order valence-electron chi connectivity index (χ3n) is 8.37.